The van der Waals surface area contributed by atoms with Crippen molar-refractivity contribution in [2.75, 3.05) is 17.6 Å². The normalized spacial score (nSPS) is 29.4. The molecule has 3 atom stereocenters. The molecular weight excluding hydrogens is 384 g/mol. The molecule has 2 heterocycles. The molecule has 122 valence electrons. The number of aliphatic carboxylic acids is 1. The average molecular weight is 399 g/mol. The Morgan fingerprint density at radius 3 is 2.70 bits per heavy atom. The summed E-state index contributed by atoms with van der Waals surface area (Å²) in [6.07, 6.45) is 0. The molecule has 0 aromatic heterocycles. The lowest BCUT2D eigenvalue weighted by Gasteiger charge is -2.53. The number of fused-ring (bicyclic) bond motifs is 1. The lowest BCUT2D eigenvalue weighted by Crippen LogP contribution is -2.73. The standard InChI is InChI=1S/C15H15BrN2O4S/c16-6-15(14(21)22)7-18-12(20)10(13(18)23-8-15)17-11(19)9-4-2-1-3-5-9/h1-5,10,13H,6-8H2,(H,17,19)(H,21,22)/t10?,13-,15?/m1/s1. The maximum atomic E-state index is 12.3. The lowest BCUT2D eigenvalue weighted by molar-refractivity contribution is -0.155. The predicted molar refractivity (Wildman–Crippen MR) is 89.5 cm³/mol. The molecular formula is C15H15BrN2O4S. The molecule has 2 saturated heterocycles. The number of carbonyl (C=O) groups is 3. The Morgan fingerprint density at radius 2 is 2.09 bits per heavy atom. The molecule has 3 rings (SSSR count). The van der Waals surface area contributed by atoms with E-state index < -0.39 is 17.4 Å². The molecule has 2 N–H and O–H groups in total. The third-order valence-electron chi connectivity index (χ3n) is 4.18. The number of carboxylic acid groups (broad SMARTS) is 1. The number of carbonyl (C=O) groups excluding carboxylic acids is 2. The Kier molecular flexibility index (Phi) is 4.37. The number of nitrogens with zero attached hydrogens (tertiary/aromatic N) is 1. The molecule has 0 saturated carbocycles. The number of carboxylic acids is 1. The van der Waals surface area contributed by atoms with Gasteiger partial charge in [-0.2, -0.15) is 0 Å². The molecule has 6 nitrogen and oxygen atoms in total. The molecule has 2 aliphatic heterocycles. The number of benzene rings is 1. The summed E-state index contributed by atoms with van der Waals surface area (Å²) in [5.41, 5.74) is -0.467. The largest absolute Gasteiger partial charge is 0.481 e. The maximum Gasteiger partial charge on any atom is 0.313 e. The third-order valence-corrected chi connectivity index (χ3v) is 6.84. The smallest absolute Gasteiger partial charge is 0.313 e. The fourth-order valence-corrected chi connectivity index (χ4v) is 5.13. The van der Waals surface area contributed by atoms with Gasteiger partial charge >= 0.3 is 5.97 Å². The minimum atomic E-state index is -0.967. The average Bonchev–Trinajstić information content (AvgIpc) is 2.59. The summed E-state index contributed by atoms with van der Waals surface area (Å²) in [6, 6.07) is 8.12. The van der Waals surface area contributed by atoms with Crippen LogP contribution >= 0.6 is 27.7 Å². The summed E-state index contributed by atoms with van der Waals surface area (Å²) >= 11 is 4.65. The van der Waals surface area contributed by atoms with Crippen molar-refractivity contribution in [3.63, 3.8) is 0 Å². The Balaban J connectivity index is 1.67. The van der Waals surface area contributed by atoms with Gasteiger partial charge in [-0.05, 0) is 12.1 Å². The number of rotatable bonds is 4. The molecule has 0 aliphatic carbocycles. The second-order valence-electron chi connectivity index (χ2n) is 5.70. The molecule has 23 heavy (non-hydrogen) atoms. The highest BCUT2D eigenvalue weighted by Gasteiger charge is 2.57. The highest BCUT2D eigenvalue weighted by molar-refractivity contribution is 9.09. The first kappa shape index (κ1) is 16.3. The molecule has 2 fully saturated rings. The number of hydrogen-bond donors (Lipinski definition) is 2. The van der Waals surface area contributed by atoms with Gasteiger partial charge in [-0.25, -0.2) is 0 Å². The van der Waals surface area contributed by atoms with Crippen LogP contribution in [0.4, 0.5) is 0 Å². The first-order chi connectivity index (χ1) is 11.0. The fraction of sp³-hybridized carbons (Fsp3) is 0.400. The summed E-state index contributed by atoms with van der Waals surface area (Å²) < 4.78 is 0. The molecule has 0 radical (unpaired) electrons. The van der Waals surface area contributed by atoms with Crippen molar-refractivity contribution in [1.82, 2.24) is 10.2 Å². The van der Waals surface area contributed by atoms with E-state index in [-0.39, 0.29) is 23.7 Å². The zero-order chi connectivity index (χ0) is 16.6. The van der Waals surface area contributed by atoms with Gasteiger partial charge in [0.2, 0.25) is 5.91 Å². The van der Waals surface area contributed by atoms with Crippen molar-refractivity contribution in [3.8, 4) is 0 Å². The maximum absolute atomic E-state index is 12.3. The van der Waals surface area contributed by atoms with E-state index >= 15 is 0 Å². The Bertz CT molecular complexity index is 656. The first-order valence-electron chi connectivity index (χ1n) is 7.06. The van der Waals surface area contributed by atoms with E-state index in [0.29, 0.717) is 16.6 Å². The van der Waals surface area contributed by atoms with Crippen LogP contribution in [0.1, 0.15) is 10.4 Å². The summed E-state index contributed by atoms with van der Waals surface area (Å²) in [5.74, 6) is -1.03. The highest BCUT2D eigenvalue weighted by Crippen LogP contribution is 2.43. The topological polar surface area (TPSA) is 86.7 Å². The predicted octanol–water partition coefficient (Wildman–Crippen LogP) is 1.17. The molecule has 1 aromatic rings. The van der Waals surface area contributed by atoms with Crippen LogP contribution in [-0.4, -0.2) is 56.8 Å². The van der Waals surface area contributed by atoms with Gasteiger partial charge in [-0.3, -0.25) is 14.4 Å². The highest BCUT2D eigenvalue weighted by atomic mass is 79.9. The van der Waals surface area contributed by atoms with Gasteiger partial charge in [0.1, 0.15) is 16.8 Å². The second-order valence-corrected chi connectivity index (χ2v) is 7.37. The monoisotopic (exact) mass is 398 g/mol. The van der Waals surface area contributed by atoms with Gasteiger partial charge in [0.05, 0.1) is 0 Å². The molecule has 1 aromatic carbocycles. The van der Waals surface area contributed by atoms with E-state index in [4.69, 9.17) is 0 Å². The van der Waals surface area contributed by atoms with E-state index in [1.165, 1.54) is 11.8 Å². The van der Waals surface area contributed by atoms with Crippen LogP contribution in [0, 0.1) is 5.41 Å². The second kappa shape index (κ2) is 6.16. The van der Waals surface area contributed by atoms with Crippen molar-refractivity contribution >= 4 is 45.5 Å². The first-order valence-corrected chi connectivity index (χ1v) is 9.23. The van der Waals surface area contributed by atoms with E-state index in [2.05, 4.69) is 21.2 Å². The minimum Gasteiger partial charge on any atom is -0.481 e. The molecule has 0 spiro atoms. The fourth-order valence-electron chi connectivity index (χ4n) is 2.71. The van der Waals surface area contributed by atoms with Crippen LogP contribution < -0.4 is 5.32 Å². The number of amides is 2. The lowest BCUT2D eigenvalue weighted by atomic mass is 9.89. The molecule has 2 aliphatic rings. The summed E-state index contributed by atoms with van der Waals surface area (Å²) in [7, 11) is 0. The summed E-state index contributed by atoms with van der Waals surface area (Å²) in [5, 5.41) is 12.3. The van der Waals surface area contributed by atoms with Crippen molar-refractivity contribution < 1.29 is 19.5 Å². The summed E-state index contributed by atoms with van der Waals surface area (Å²) in [4.78, 5) is 37.5. The van der Waals surface area contributed by atoms with Crippen molar-refractivity contribution in [2.45, 2.75) is 11.4 Å². The van der Waals surface area contributed by atoms with Crippen LogP contribution in [0.3, 0.4) is 0 Å². The third kappa shape index (κ3) is 2.74. The van der Waals surface area contributed by atoms with Gasteiger partial charge in [-0.1, -0.05) is 34.1 Å². The van der Waals surface area contributed by atoms with Crippen LogP contribution in [0.15, 0.2) is 30.3 Å². The molecule has 8 heteroatoms. The van der Waals surface area contributed by atoms with Crippen molar-refractivity contribution in [2.24, 2.45) is 5.41 Å². The Morgan fingerprint density at radius 1 is 1.39 bits per heavy atom. The van der Waals surface area contributed by atoms with Gasteiger partial charge in [0, 0.05) is 23.2 Å². The van der Waals surface area contributed by atoms with Crippen molar-refractivity contribution in [3.05, 3.63) is 35.9 Å². The summed E-state index contributed by atoms with van der Waals surface area (Å²) in [6.45, 7) is 0.168. The number of nitrogens with one attached hydrogen (secondary N) is 1. The van der Waals surface area contributed by atoms with Gasteiger partial charge in [0.15, 0.2) is 0 Å². The van der Waals surface area contributed by atoms with Crippen LogP contribution in [0.5, 0.6) is 0 Å². The van der Waals surface area contributed by atoms with Crippen LogP contribution in [0.25, 0.3) is 0 Å². The number of β-lactam (4-membered cyclic amide) rings is 1. The number of alkyl halides is 1. The minimum absolute atomic E-state index is 0.168. The Hall–Kier alpha value is -1.54. The van der Waals surface area contributed by atoms with Gasteiger partial charge in [-0.15, -0.1) is 11.8 Å². The zero-order valence-electron chi connectivity index (χ0n) is 12.1. The van der Waals surface area contributed by atoms with Crippen molar-refractivity contribution in [1.29, 1.82) is 0 Å². The molecule has 0 bridgehead atoms. The van der Waals surface area contributed by atoms with E-state index in [1.807, 2.05) is 6.07 Å². The van der Waals surface area contributed by atoms with E-state index in [0.717, 1.165) is 0 Å². The number of halogens is 1. The van der Waals surface area contributed by atoms with Crippen LogP contribution in [0.2, 0.25) is 0 Å². The van der Waals surface area contributed by atoms with E-state index in [1.54, 1.807) is 29.2 Å². The quantitative estimate of drug-likeness (QED) is 0.587. The number of thioether (sulfide) groups is 1. The zero-order valence-corrected chi connectivity index (χ0v) is 14.5. The van der Waals surface area contributed by atoms with Crippen LogP contribution in [-0.2, 0) is 9.59 Å². The van der Waals surface area contributed by atoms with E-state index in [9.17, 15) is 19.5 Å². The van der Waals surface area contributed by atoms with Gasteiger partial charge < -0.3 is 15.3 Å². The Labute approximate surface area is 145 Å². The van der Waals surface area contributed by atoms with Gasteiger partial charge in [0.25, 0.3) is 5.91 Å². The number of hydrogen-bond acceptors (Lipinski definition) is 4. The molecule has 2 amide bonds. The molecule has 2 unspecified atom stereocenters. The SMILES string of the molecule is O=C(NC1C(=O)N2CC(CBr)(C(=O)O)CS[C@H]12)c1ccccc1.